The fourth-order valence-corrected chi connectivity index (χ4v) is 2.36. The molecule has 0 amide bonds. The fourth-order valence-electron chi connectivity index (χ4n) is 2.36. The SMILES string of the molecule is Cc1[nH]ncc1CN1CC(CN)CC1C.Cl. The van der Waals surface area contributed by atoms with E-state index in [0.717, 1.165) is 19.6 Å². The van der Waals surface area contributed by atoms with Crippen LogP contribution in [0.5, 0.6) is 0 Å². The molecule has 2 heterocycles. The third-order valence-corrected chi connectivity index (χ3v) is 3.43. The molecular weight excluding hydrogens is 224 g/mol. The van der Waals surface area contributed by atoms with Gasteiger partial charge in [0.25, 0.3) is 0 Å². The van der Waals surface area contributed by atoms with Gasteiger partial charge < -0.3 is 5.73 Å². The Bertz CT molecular complexity index is 326. The maximum atomic E-state index is 5.72. The van der Waals surface area contributed by atoms with Crippen molar-refractivity contribution < 1.29 is 0 Å². The van der Waals surface area contributed by atoms with Crippen molar-refractivity contribution in [3.8, 4) is 0 Å². The van der Waals surface area contributed by atoms with Crippen LogP contribution in [0.15, 0.2) is 6.20 Å². The van der Waals surface area contributed by atoms with E-state index >= 15 is 0 Å². The van der Waals surface area contributed by atoms with E-state index in [0.29, 0.717) is 12.0 Å². The summed E-state index contributed by atoms with van der Waals surface area (Å²) >= 11 is 0. The monoisotopic (exact) mass is 244 g/mol. The lowest BCUT2D eigenvalue weighted by atomic mass is 10.1. The zero-order chi connectivity index (χ0) is 10.8. The lowest BCUT2D eigenvalue weighted by molar-refractivity contribution is 0.255. The minimum absolute atomic E-state index is 0. The maximum Gasteiger partial charge on any atom is 0.0535 e. The normalized spacial score (nSPS) is 25.7. The van der Waals surface area contributed by atoms with E-state index in [4.69, 9.17) is 5.73 Å². The molecule has 4 nitrogen and oxygen atoms in total. The van der Waals surface area contributed by atoms with Gasteiger partial charge in [-0.25, -0.2) is 0 Å². The van der Waals surface area contributed by atoms with Crippen LogP contribution in [0.25, 0.3) is 0 Å². The lowest BCUT2D eigenvalue weighted by Crippen LogP contribution is -2.27. The molecular formula is C11H21ClN4. The number of hydrogen-bond acceptors (Lipinski definition) is 3. The van der Waals surface area contributed by atoms with Gasteiger partial charge >= 0.3 is 0 Å². The Kier molecular flexibility index (Phi) is 4.77. The van der Waals surface area contributed by atoms with Crippen molar-refractivity contribution in [2.45, 2.75) is 32.9 Å². The molecule has 0 spiro atoms. The maximum absolute atomic E-state index is 5.72. The number of aryl methyl sites for hydroxylation is 1. The van der Waals surface area contributed by atoms with Crippen molar-refractivity contribution >= 4 is 12.4 Å². The van der Waals surface area contributed by atoms with Crippen LogP contribution >= 0.6 is 12.4 Å². The van der Waals surface area contributed by atoms with Gasteiger partial charge in [0.15, 0.2) is 0 Å². The van der Waals surface area contributed by atoms with Gasteiger partial charge in [-0.2, -0.15) is 5.10 Å². The number of nitrogens with two attached hydrogens (primary N) is 1. The van der Waals surface area contributed by atoms with E-state index < -0.39 is 0 Å². The Labute approximate surface area is 103 Å². The summed E-state index contributed by atoms with van der Waals surface area (Å²) in [4.78, 5) is 2.50. The van der Waals surface area contributed by atoms with Crippen molar-refractivity contribution in [2.24, 2.45) is 11.7 Å². The number of likely N-dealkylation sites (tertiary alicyclic amines) is 1. The van der Waals surface area contributed by atoms with Crippen LogP contribution in [-0.4, -0.2) is 34.2 Å². The zero-order valence-corrected chi connectivity index (χ0v) is 10.8. The van der Waals surface area contributed by atoms with Crippen molar-refractivity contribution in [2.75, 3.05) is 13.1 Å². The van der Waals surface area contributed by atoms with Crippen LogP contribution in [0.2, 0.25) is 0 Å². The highest BCUT2D eigenvalue weighted by atomic mass is 35.5. The largest absolute Gasteiger partial charge is 0.330 e. The summed E-state index contributed by atoms with van der Waals surface area (Å²) in [5.74, 6) is 0.673. The zero-order valence-electron chi connectivity index (χ0n) is 9.94. The summed E-state index contributed by atoms with van der Waals surface area (Å²) in [5.41, 5.74) is 8.20. The van der Waals surface area contributed by atoms with Crippen LogP contribution in [0.3, 0.4) is 0 Å². The molecule has 2 unspecified atom stereocenters. The molecule has 0 aliphatic carbocycles. The molecule has 2 rings (SSSR count). The van der Waals surface area contributed by atoms with Crippen LogP contribution in [0.4, 0.5) is 0 Å². The highest BCUT2D eigenvalue weighted by Crippen LogP contribution is 2.24. The lowest BCUT2D eigenvalue weighted by Gasteiger charge is -2.20. The summed E-state index contributed by atoms with van der Waals surface area (Å²) in [5, 5.41) is 7.03. The van der Waals surface area contributed by atoms with Crippen molar-refractivity contribution in [1.29, 1.82) is 0 Å². The average Bonchev–Trinajstić information content (AvgIpc) is 2.76. The van der Waals surface area contributed by atoms with Crippen LogP contribution in [0, 0.1) is 12.8 Å². The summed E-state index contributed by atoms with van der Waals surface area (Å²) in [6.07, 6.45) is 3.16. The molecule has 1 aliphatic rings. The van der Waals surface area contributed by atoms with Gasteiger partial charge in [0.1, 0.15) is 0 Å². The van der Waals surface area contributed by atoms with Gasteiger partial charge in [0.05, 0.1) is 6.20 Å². The number of halogens is 1. The number of nitrogens with one attached hydrogen (secondary N) is 1. The van der Waals surface area contributed by atoms with Gasteiger partial charge in [-0.15, -0.1) is 12.4 Å². The first-order chi connectivity index (χ1) is 7.20. The average molecular weight is 245 g/mol. The molecule has 16 heavy (non-hydrogen) atoms. The summed E-state index contributed by atoms with van der Waals surface area (Å²) in [6.45, 7) is 7.29. The second-order valence-corrected chi connectivity index (χ2v) is 4.64. The molecule has 1 aromatic rings. The molecule has 0 saturated carbocycles. The summed E-state index contributed by atoms with van der Waals surface area (Å²) in [7, 11) is 0. The summed E-state index contributed by atoms with van der Waals surface area (Å²) in [6, 6.07) is 0.646. The van der Waals surface area contributed by atoms with E-state index in [2.05, 4.69) is 28.9 Å². The number of nitrogens with zero attached hydrogens (tertiary/aromatic N) is 2. The smallest absolute Gasteiger partial charge is 0.0535 e. The standard InChI is InChI=1S/C11H20N4.ClH/c1-8-3-10(4-12)6-15(8)7-11-5-13-14-9(11)2;/h5,8,10H,3-4,6-7,12H2,1-2H3,(H,13,14);1H. The molecule has 5 heteroatoms. The first-order valence-corrected chi connectivity index (χ1v) is 5.63. The molecule has 0 bridgehead atoms. The number of aromatic nitrogens is 2. The molecule has 1 aromatic heterocycles. The predicted molar refractivity (Wildman–Crippen MR) is 67.6 cm³/mol. The van der Waals surface area contributed by atoms with Crippen LogP contribution in [0.1, 0.15) is 24.6 Å². The second-order valence-electron chi connectivity index (χ2n) is 4.64. The number of aromatic amines is 1. The highest BCUT2D eigenvalue weighted by Gasteiger charge is 2.28. The quantitative estimate of drug-likeness (QED) is 0.843. The predicted octanol–water partition coefficient (Wildman–Crippen LogP) is 1.31. The van der Waals surface area contributed by atoms with Crippen molar-refractivity contribution in [3.63, 3.8) is 0 Å². The fraction of sp³-hybridized carbons (Fsp3) is 0.727. The highest BCUT2D eigenvalue weighted by molar-refractivity contribution is 5.85. The van der Waals surface area contributed by atoms with Crippen molar-refractivity contribution in [3.05, 3.63) is 17.5 Å². The minimum atomic E-state index is 0. The third-order valence-electron chi connectivity index (χ3n) is 3.43. The van der Waals surface area contributed by atoms with Crippen LogP contribution in [-0.2, 0) is 6.54 Å². The van der Waals surface area contributed by atoms with Gasteiger partial charge in [0.2, 0.25) is 0 Å². The Hall–Kier alpha value is -0.580. The first-order valence-electron chi connectivity index (χ1n) is 5.63. The van der Waals surface area contributed by atoms with E-state index in [1.54, 1.807) is 0 Å². The molecule has 0 aromatic carbocycles. The molecule has 3 N–H and O–H groups in total. The molecule has 1 aliphatic heterocycles. The number of hydrogen-bond donors (Lipinski definition) is 2. The van der Waals surface area contributed by atoms with Gasteiger partial charge in [0, 0.05) is 30.4 Å². The number of H-pyrrole nitrogens is 1. The van der Waals surface area contributed by atoms with E-state index in [1.807, 2.05) is 6.20 Å². The van der Waals surface area contributed by atoms with Crippen LogP contribution < -0.4 is 5.73 Å². The van der Waals surface area contributed by atoms with Gasteiger partial charge in [-0.05, 0) is 32.7 Å². The molecule has 1 saturated heterocycles. The Morgan fingerprint density at radius 3 is 2.88 bits per heavy atom. The van der Waals surface area contributed by atoms with Crippen molar-refractivity contribution in [1.82, 2.24) is 15.1 Å². The topological polar surface area (TPSA) is 57.9 Å². The molecule has 92 valence electrons. The van der Waals surface area contributed by atoms with E-state index in [-0.39, 0.29) is 12.4 Å². The Morgan fingerprint density at radius 1 is 1.62 bits per heavy atom. The second kappa shape index (κ2) is 5.66. The summed E-state index contributed by atoms with van der Waals surface area (Å²) < 4.78 is 0. The Balaban J connectivity index is 0.00000128. The van der Waals surface area contributed by atoms with Gasteiger partial charge in [-0.3, -0.25) is 10.00 Å². The molecule has 0 radical (unpaired) electrons. The molecule has 2 atom stereocenters. The van der Waals surface area contributed by atoms with E-state index in [9.17, 15) is 0 Å². The first kappa shape index (κ1) is 13.5. The Morgan fingerprint density at radius 2 is 2.38 bits per heavy atom. The third kappa shape index (κ3) is 2.75. The van der Waals surface area contributed by atoms with Gasteiger partial charge in [-0.1, -0.05) is 0 Å². The minimum Gasteiger partial charge on any atom is -0.330 e. The molecule has 1 fully saturated rings. The van der Waals surface area contributed by atoms with E-state index in [1.165, 1.54) is 17.7 Å². The number of rotatable bonds is 3.